The molecule has 0 amide bonds. The third kappa shape index (κ3) is 1.61. The van der Waals surface area contributed by atoms with Crippen LogP contribution in [0.5, 0.6) is 5.75 Å². The lowest BCUT2D eigenvalue weighted by atomic mass is 10.1. The summed E-state index contributed by atoms with van der Waals surface area (Å²) in [6, 6.07) is 8.05. The molecule has 1 aromatic heterocycles. The maximum absolute atomic E-state index is 5.16. The van der Waals surface area contributed by atoms with Crippen LogP contribution in [0.25, 0.3) is 11.3 Å². The number of benzene rings is 1. The van der Waals surface area contributed by atoms with Crippen LogP contribution in [0.2, 0.25) is 0 Å². The van der Waals surface area contributed by atoms with Crippen molar-refractivity contribution >= 4 is 0 Å². The normalized spacial score (nSPS) is 13.8. The van der Waals surface area contributed by atoms with Crippen molar-refractivity contribution in [2.24, 2.45) is 7.05 Å². The predicted molar refractivity (Wildman–Crippen MR) is 65.7 cm³/mol. The lowest BCUT2D eigenvalue weighted by Gasteiger charge is -2.02. The van der Waals surface area contributed by atoms with Gasteiger partial charge in [0.2, 0.25) is 0 Å². The van der Waals surface area contributed by atoms with E-state index in [2.05, 4.69) is 22.5 Å². The minimum absolute atomic E-state index is 0.874. The van der Waals surface area contributed by atoms with Gasteiger partial charge >= 0.3 is 0 Å². The summed E-state index contributed by atoms with van der Waals surface area (Å²) in [7, 11) is 3.68. The van der Waals surface area contributed by atoms with Gasteiger partial charge in [0.15, 0.2) is 0 Å². The fraction of sp³-hybridized carbons (Fsp3) is 0.308. The average molecular weight is 229 g/mol. The van der Waals surface area contributed by atoms with E-state index in [0.717, 1.165) is 30.1 Å². The molecule has 4 heteroatoms. The number of rotatable bonds is 2. The summed E-state index contributed by atoms with van der Waals surface area (Å²) in [6.45, 7) is 1.82. The maximum Gasteiger partial charge on any atom is 0.118 e. The van der Waals surface area contributed by atoms with Crippen LogP contribution >= 0.6 is 0 Å². The molecule has 88 valence electrons. The highest BCUT2D eigenvalue weighted by Crippen LogP contribution is 2.29. The maximum atomic E-state index is 5.16. The molecule has 0 saturated heterocycles. The van der Waals surface area contributed by atoms with E-state index in [-0.39, 0.29) is 0 Å². The van der Waals surface area contributed by atoms with Gasteiger partial charge in [-0.25, -0.2) is 0 Å². The summed E-state index contributed by atoms with van der Waals surface area (Å²) in [6.07, 6.45) is 0. The Bertz CT molecular complexity index is 543. The SMILES string of the molecule is COc1ccc(-c2nn(C)c3c2CNC3)cc1. The molecule has 0 aliphatic carbocycles. The summed E-state index contributed by atoms with van der Waals surface area (Å²) in [5.41, 5.74) is 4.83. The first-order valence-electron chi connectivity index (χ1n) is 5.69. The highest BCUT2D eigenvalue weighted by Gasteiger charge is 2.21. The number of methoxy groups -OCH3 is 1. The van der Waals surface area contributed by atoms with Crippen molar-refractivity contribution in [2.45, 2.75) is 13.1 Å². The number of aromatic nitrogens is 2. The van der Waals surface area contributed by atoms with Gasteiger partial charge in [-0.05, 0) is 24.3 Å². The third-order valence-electron chi connectivity index (χ3n) is 3.23. The number of hydrogen-bond acceptors (Lipinski definition) is 3. The molecular weight excluding hydrogens is 214 g/mol. The fourth-order valence-electron chi connectivity index (χ4n) is 2.30. The molecule has 3 rings (SSSR count). The Labute approximate surface area is 100 Å². The molecule has 0 unspecified atom stereocenters. The predicted octanol–water partition coefficient (Wildman–Crippen LogP) is 1.70. The van der Waals surface area contributed by atoms with Crippen molar-refractivity contribution in [3.8, 4) is 17.0 Å². The van der Waals surface area contributed by atoms with Crippen LogP contribution in [-0.4, -0.2) is 16.9 Å². The quantitative estimate of drug-likeness (QED) is 0.852. The van der Waals surface area contributed by atoms with E-state index >= 15 is 0 Å². The highest BCUT2D eigenvalue weighted by atomic mass is 16.5. The van der Waals surface area contributed by atoms with Crippen molar-refractivity contribution in [2.75, 3.05) is 7.11 Å². The van der Waals surface area contributed by atoms with Crippen LogP contribution in [0.1, 0.15) is 11.3 Å². The topological polar surface area (TPSA) is 39.1 Å². The first-order valence-corrected chi connectivity index (χ1v) is 5.69. The van der Waals surface area contributed by atoms with Crippen LogP contribution in [-0.2, 0) is 20.1 Å². The van der Waals surface area contributed by atoms with E-state index in [1.165, 1.54) is 11.3 Å². The lowest BCUT2D eigenvalue weighted by molar-refractivity contribution is 0.415. The molecule has 4 nitrogen and oxygen atoms in total. The second-order valence-electron chi connectivity index (χ2n) is 4.23. The first-order chi connectivity index (χ1) is 8.29. The summed E-state index contributed by atoms with van der Waals surface area (Å²) < 4.78 is 7.13. The average Bonchev–Trinajstić information content (AvgIpc) is 2.94. The van der Waals surface area contributed by atoms with E-state index in [1.807, 2.05) is 23.9 Å². The lowest BCUT2D eigenvalue weighted by Crippen LogP contribution is -2.06. The molecule has 0 spiro atoms. The van der Waals surface area contributed by atoms with Crippen LogP contribution in [0.3, 0.4) is 0 Å². The van der Waals surface area contributed by atoms with Crippen molar-refractivity contribution in [3.05, 3.63) is 35.5 Å². The molecular formula is C13H15N3O. The van der Waals surface area contributed by atoms with Crippen molar-refractivity contribution in [1.82, 2.24) is 15.1 Å². The summed E-state index contributed by atoms with van der Waals surface area (Å²) >= 11 is 0. The highest BCUT2D eigenvalue weighted by molar-refractivity contribution is 5.65. The summed E-state index contributed by atoms with van der Waals surface area (Å²) in [5.74, 6) is 0.874. The van der Waals surface area contributed by atoms with E-state index in [0.29, 0.717) is 0 Å². The number of fused-ring (bicyclic) bond motifs is 1. The summed E-state index contributed by atoms with van der Waals surface area (Å²) in [5, 5.41) is 7.95. The van der Waals surface area contributed by atoms with Crippen LogP contribution < -0.4 is 10.1 Å². The number of hydrogen-bond donors (Lipinski definition) is 1. The number of nitrogens with zero attached hydrogens (tertiary/aromatic N) is 2. The van der Waals surface area contributed by atoms with Crippen LogP contribution in [0.15, 0.2) is 24.3 Å². The molecule has 1 aliphatic heterocycles. The second kappa shape index (κ2) is 3.89. The number of ether oxygens (including phenoxy) is 1. The van der Waals surface area contributed by atoms with Gasteiger partial charge in [0, 0.05) is 31.3 Å². The van der Waals surface area contributed by atoms with Gasteiger partial charge < -0.3 is 10.1 Å². The Kier molecular flexibility index (Phi) is 2.37. The molecule has 1 aromatic carbocycles. The molecule has 1 aliphatic rings. The molecule has 0 atom stereocenters. The Balaban J connectivity index is 2.06. The molecule has 1 N–H and O–H groups in total. The first kappa shape index (κ1) is 10.4. The van der Waals surface area contributed by atoms with Gasteiger partial charge in [-0.2, -0.15) is 5.10 Å². The zero-order chi connectivity index (χ0) is 11.8. The molecule has 17 heavy (non-hydrogen) atoms. The molecule has 0 radical (unpaired) electrons. The smallest absolute Gasteiger partial charge is 0.118 e. The van der Waals surface area contributed by atoms with E-state index in [1.54, 1.807) is 7.11 Å². The minimum Gasteiger partial charge on any atom is -0.497 e. The van der Waals surface area contributed by atoms with Gasteiger partial charge in [0.1, 0.15) is 5.75 Å². The zero-order valence-electron chi connectivity index (χ0n) is 10.0. The van der Waals surface area contributed by atoms with Crippen molar-refractivity contribution in [1.29, 1.82) is 0 Å². The Hall–Kier alpha value is -1.81. The zero-order valence-corrected chi connectivity index (χ0v) is 10.0. The second-order valence-corrected chi connectivity index (χ2v) is 4.23. The molecule has 0 saturated carbocycles. The molecule has 0 fully saturated rings. The third-order valence-corrected chi connectivity index (χ3v) is 3.23. The van der Waals surface area contributed by atoms with Crippen LogP contribution in [0, 0.1) is 0 Å². The van der Waals surface area contributed by atoms with Gasteiger partial charge in [0.25, 0.3) is 0 Å². The number of nitrogens with one attached hydrogen (secondary N) is 1. The molecule has 2 aromatic rings. The van der Waals surface area contributed by atoms with Crippen molar-refractivity contribution < 1.29 is 4.74 Å². The minimum atomic E-state index is 0.874. The Morgan fingerprint density at radius 3 is 2.71 bits per heavy atom. The number of aryl methyl sites for hydroxylation is 1. The summed E-state index contributed by atoms with van der Waals surface area (Å²) in [4.78, 5) is 0. The van der Waals surface area contributed by atoms with E-state index in [4.69, 9.17) is 4.74 Å². The van der Waals surface area contributed by atoms with Gasteiger partial charge in [-0.3, -0.25) is 4.68 Å². The van der Waals surface area contributed by atoms with E-state index in [9.17, 15) is 0 Å². The van der Waals surface area contributed by atoms with E-state index < -0.39 is 0 Å². The Morgan fingerprint density at radius 2 is 2.00 bits per heavy atom. The van der Waals surface area contributed by atoms with Gasteiger partial charge in [0.05, 0.1) is 18.5 Å². The monoisotopic (exact) mass is 229 g/mol. The fourth-order valence-corrected chi connectivity index (χ4v) is 2.30. The van der Waals surface area contributed by atoms with Crippen LogP contribution in [0.4, 0.5) is 0 Å². The van der Waals surface area contributed by atoms with Gasteiger partial charge in [-0.15, -0.1) is 0 Å². The standard InChI is InChI=1S/C13H15N3O/c1-16-12-8-14-7-11(12)13(15-16)9-3-5-10(17-2)6-4-9/h3-6,14H,7-8H2,1-2H3. The molecule has 0 bridgehead atoms. The largest absolute Gasteiger partial charge is 0.497 e. The Morgan fingerprint density at radius 1 is 1.24 bits per heavy atom. The molecule has 2 heterocycles. The van der Waals surface area contributed by atoms with Gasteiger partial charge in [-0.1, -0.05) is 0 Å². The van der Waals surface area contributed by atoms with Crippen molar-refractivity contribution in [3.63, 3.8) is 0 Å².